The first kappa shape index (κ1) is 14.6. The number of aromatic nitrogens is 2. The molecule has 3 heterocycles. The molecule has 1 saturated heterocycles. The second-order valence-electron chi connectivity index (χ2n) is 5.02. The Hall–Kier alpha value is -2.28. The Labute approximate surface area is 131 Å². The van der Waals surface area contributed by atoms with E-state index in [1.54, 1.807) is 24.7 Å². The zero-order valence-corrected chi connectivity index (χ0v) is 13.0. The summed E-state index contributed by atoms with van der Waals surface area (Å²) in [5.74, 6) is 1.04. The second kappa shape index (κ2) is 6.23. The second-order valence-corrected chi connectivity index (χ2v) is 6.52. The van der Waals surface area contributed by atoms with Crippen LogP contribution in [0, 0.1) is 0 Å². The van der Waals surface area contributed by atoms with Gasteiger partial charge in [-0.3, -0.25) is 14.1 Å². The lowest BCUT2D eigenvalue weighted by atomic mass is 10.1. The third-order valence-electron chi connectivity index (χ3n) is 3.34. The van der Waals surface area contributed by atoms with Gasteiger partial charge in [-0.05, 0) is 30.2 Å². The summed E-state index contributed by atoms with van der Waals surface area (Å²) in [5.41, 5.74) is 2.65. The van der Waals surface area contributed by atoms with E-state index in [0.29, 0.717) is 11.6 Å². The SMILES string of the molecule is CC(=O)Nc1cc(-c2cncc(N3CCCS3=O)c2)ccn1. The van der Waals surface area contributed by atoms with E-state index >= 15 is 0 Å². The maximum Gasteiger partial charge on any atom is 0.222 e. The smallest absolute Gasteiger partial charge is 0.222 e. The highest BCUT2D eigenvalue weighted by Crippen LogP contribution is 2.27. The molecule has 6 nitrogen and oxygen atoms in total. The molecule has 3 rings (SSSR count). The molecule has 1 aliphatic heterocycles. The van der Waals surface area contributed by atoms with Gasteiger partial charge in [0.05, 0.1) is 11.9 Å². The molecule has 1 unspecified atom stereocenters. The van der Waals surface area contributed by atoms with E-state index in [0.717, 1.165) is 29.8 Å². The number of hydrogen-bond donors (Lipinski definition) is 1. The Morgan fingerprint density at radius 1 is 1.32 bits per heavy atom. The van der Waals surface area contributed by atoms with Crippen molar-refractivity contribution >= 4 is 28.4 Å². The number of nitrogens with one attached hydrogen (secondary N) is 1. The summed E-state index contributed by atoms with van der Waals surface area (Å²) in [5, 5.41) is 2.66. The quantitative estimate of drug-likeness (QED) is 0.939. The minimum absolute atomic E-state index is 0.163. The van der Waals surface area contributed by atoms with Crippen LogP contribution in [-0.4, -0.2) is 32.4 Å². The minimum atomic E-state index is -0.964. The standard InChI is InChI=1S/C15H16N4O2S/c1-11(20)18-15-8-12(3-4-17-15)13-7-14(10-16-9-13)19-5-2-6-22(19)21/h3-4,7-10H,2,5-6H2,1H3,(H,17,18,20). The molecule has 1 atom stereocenters. The molecular formula is C15H16N4O2S. The van der Waals surface area contributed by atoms with Crippen molar-refractivity contribution in [2.24, 2.45) is 0 Å². The molecule has 0 aromatic carbocycles. The average molecular weight is 316 g/mol. The highest BCUT2D eigenvalue weighted by atomic mass is 32.2. The van der Waals surface area contributed by atoms with Gasteiger partial charge in [-0.15, -0.1) is 0 Å². The van der Waals surface area contributed by atoms with E-state index in [2.05, 4.69) is 15.3 Å². The Morgan fingerprint density at radius 2 is 2.18 bits per heavy atom. The predicted octanol–water partition coefficient (Wildman–Crippen LogP) is 1.98. The van der Waals surface area contributed by atoms with Gasteiger partial charge in [-0.1, -0.05) is 0 Å². The van der Waals surface area contributed by atoms with Gasteiger partial charge in [0.1, 0.15) is 16.8 Å². The van der Waals surface area contributed by atoms with Crippen molar-refractivity contribution in [2.75, 3.05) is 21.9 Å². The number of amides is 1. The molecule has 0 bridgehead atoms. The fraction of sp³-hybridized carbons (Fsp3) is 0.267. The number of rotatable bonds is 3. The van der Waals surface area contributed by atoms with Gasteiger partial charge in [-0.2, -0.15) is 0 Å². The topological polar surface area (TPSA) is 75.2 Å². The van der Waals surface area contributed by atoms with Crippen LogP contribution >= 0.6 is 0 Å². The van der Waals surface area contributed by atoms with Crippen molar-refractivity contribution in [3.05, 3.63) is 36.8 Å². The predicted molar refractivity (Wildman–Crippen MR) is 86.7 cm³/mol. The Bertz CT molecular complexity index is 735. The Balaban J connectivity index is 1.92. The van der Waals surface area contributed by atoms with Crippen LogP contribution in [0.1, 0.15) is 13.3 Å². The number of anilines is 2. The van der Waals surface area contributed by atoms with Crippen LogP contribution in [0.4, 0.5) is 11.5 Å². The van der Waals surface area contributed by atoms with Gasteiger partial charge in [0.2, 0.25) is 5.91 Å². The van der Waals surface area contributed by atoms with Crippen molar-refractivity contribution < 1.29 is 9.00 Å². The van der Waals surface area contributed by atoms with E-state index < -0.39 is 11.0 Å². The largest absolute Gasteiger partial charge is 0.311 e. The van der Waals surface area contributed by atoms with Crippen LogP contribution in [0.5, 0.6) is 0 Å². The number of nitrogens with zero attached hydrogens (tertiary/aromatic N) is 3. The summed E-state index contributed by atoms with van der Waals surface area (Å²) in [6.45, 7) is 2.23. The molecule has 0 spiro atoms. The summed E-state index contributed by atoms with van der Waals surface area (Å²) < 4.78 is 13.8. The summed E-state index contributed by atoms with van der Waals surface area (Å²) in [6.07, 6.45) is 6.04. The maximum absolute atomic E-state index is 11.9. The van der Waals surface area contributed by atoms with Crippen LogP contribution in [0.2, 0.25) is 0 Å². The third-order valence-corrected chi connectivity index (χ3v) is 4.86. The molecular weight excluding hydrogens is 300 g/mol. The van der Waals surface area contributed by atoms with Gasteiger partial charge in [0.15, 0.2) is 0 Å². The number of carbonyl (C=O) groups excluding carboxylic acids is 1. The monoisotopic (exact) mass is 316 g/mol. The van der Waals surface area contributed by atoms with Gasteiger partial charge >= 0.3 is 0 Å². The molecule has 114 valence electrons. The van der Waals surface area contributed by atoms with E-state index in [9.17, 15) is 9.00 Å². The van der Waals surface area contributed by atoms with Gasteiger partial charge in [-0.25, -0.2) is 9.19 Å². The van der Waals surface area contributed by atoms with Gasteiger partial charge < -0.3 is 5.32 Å². The molecule has 1 aliphatic rings. The lowest BCUT2D eigenvalue weighted by Gasteiger charge is -2.16. The number of carbonyl (C=O) groups is 1. The zero-order valence-electron chi connectivity index (χ0n) is 12.2. The maximum atomic E-state index is 11.9. The minimum Gasteiger partial charge on any atom is -0.311 e. The van der Waals surface area contributed by atoms with E-state index in [4.69, 9.17) is 0 Å². The third kappa shape index (κ3) is 3.14. The van der Waals surface area contributed by atoms with Gasteiger partial charge in [0.25, 0.3) is 0 Å². The molecule has 0 aliphatic carbocycles. The fourth-order valence-corrected chi connectivity index (χ4v) is 3.64. The van der Waals surface area contributed by atoms with Crippen LogP contribution in [0.15, 0.2) is 36.8 Å². The first-order valence-corrected chi connectivity index (χ1v) is 8.26. The molecule has 0 radical (unpaired) electrons. The van der Waals surface area contributed by atoms with Crippen LogP contribution in [0.3, 0.4) is 0 Å². The van der Waals surface area contributed by atoms with Crippen LogP contribution in [-0.2, 0) is 15.8 Å². The van der Waals surface area contributed by atoms with Crippen molar-refractivity contribution in [3.8, 4) is 11.1 Å². The number of pyridine rings is 2. The summed E-state index contributed by atoms with van der Waals surface area (Å²) in [4.78, 5) is 19.5. The molecule has 0 saturated carbocycles. The molecule has 1 fully saturated rings. The lowest BCUT2D eigenvalue weighted by molar-refractivity contribution is -0.114. The van der Waals surface area contributed by atoms with Crippen molar-refractivity contribution in [1.82, 2.24) is 9.97 Å². The van der Waals surface area contributed by atoms with E-state index in [1.807, 2.05) is 16.4 Å². The summed E-state index contributed by atoms with van der Waals surface area (Å²) in [7, 11) is -0.964. The highest BCUT2D eigenvalue weighted by molar-refractivity contribution is 7.86. The average Bonchev–Trinajstić information content (AvgIpc) is 2.93. The number of hydrogen-bond acceptors (Lipinski definition) is 4. The molecule has 2 aromatic rings. The Morgan fingerprint density at radius 3 is 2.91 bits per heavy atom. The van der Waals surface area contributed by atoms with Crippen LogP contribution < -0.4 is 9.62 Å². The summed E-state index contributed by atoms with van der Waals surface area (Å²) in [6, 6.07) is 5.61. The first-order valence-electron chi connectivity index (χ1n) is 6.98. The molecule has 7 heteroatoms. The van der Waals surface area contributed by atoms with E-state index in [1.165, 1.54) is 6.92 Å². The first-order chi connectivity index (χ1) is 10.6. The van der Waals surface area contributed by atoms with Crippen molar-refractivity contribution in [1.29, 1.82) is 0 Å². The molecule has 1 N–H and O–H groups in total. The Kier molecular flexibility index (Phi) is 4.15. The normalized spacial score (nSPS) is 17.5. The molecule has 1 amide bonds. The molecule has 2 aromatic heterocycles. The van der Waals surface area contributed by atoms with Crippen LogP contribution in [0.25, 0.3) is 11.1 Å². The van der Waals surface area contributed by atoms with E-state index in [-0.39, 0.29) is 5.91 Å². The fourth-order valence-electron chi connectivity index (χ4n) is 2.37. The lowest BCUT2D eigenvalue weighted by Crippen LogP contribution is -2.19. The van der Waals surface area contributed by atoms with Gasteiger partial charge in [0, 0.05) is 37.2 Å². The summed E-state index contributed by atoms with van der Waals surface area (Å²) >= 11 is 0. The zero-order chi connectivity index (χ0) is 15.5. The van der Waals surface area contributed by atoms with Crippen molar-refractivity contribution in [3.63, 3.8) is 0 Å². The highest BCUT2D eigenvalue weighted by Gasteiger charge is 2.21. The molecule has 22 heavy (non-hydrogen) atoms. The van der Waals surface area contributed by atoms with Crippen molar-refractivity contribution in [2.45, 2.75) is 13.3 Å².